The molecule has 0 amide bonds. The molecule has 1 aliphatic carbocycles. The Bertz CT molecular complexity index is 537. The van der Waals surface area contributed by atoms with Crippen LogP contribution in [0.15, 0.2) is 23.2 Å². The van der Waals surface area contributed by atoms with Crippen LogP contribution < -0.4 is 16.0 Å². The summed E-state index contributed by atoms with van der Waals surface area (Å²) in [5, 5.41) is 0. The van der Waals surface area contributed by atoms with E-state index in [1.54, 1.807) is 0 Å². The molecule has 4 N–H and O–H groups in total. The fourth-order valence-electron chi connectivity index (χ4n) is 2.72. The average Bonchev–Trinajstić information content (AvgIpc) is 2.49. The van der Waals surface area contributed by atoms with E-state index in [4.69, 9.17) is 5.84 Å². The minimum Gasteiger partial charge on any atom is -0.308 e. The second-order valence-corrected chi connectivity index (χ2v) is 7.60. The normalized spacial score (nSPS) is 23.0. The second-order valence-electron chi connectivity index (χ2n) is 5.84. The molecule has 0 unspecified atom stereocenters. The highest BCUT2D eigenvalue weighted by molar-refractivity contribution is 7.89. The molecule has 0 spiro atoms. The summed E-state index contributed by atoms with van der Waals surface area (Å²) in [6.45, 7) is 2.77. The van der Waals surface area contributed by atoms with Crippen LogP contribution in [-0.2, 0) is 10.0 Å². The number of nitrogens with one attached hydrogen (secondary N) is 2. The monoisotopic (exact) mass is 312 g/mol. The van der Waals surface area contributed by atoms with Gasteiger partial charge in [-0.15, -0.1) is 0 Å². The van der Waals surface area contributed by atoms with Crippen LogP contribution in [0.3, 0.4) is 0 Å². The van der Waals surface area contributed by atoms with Gasteiger partial charge in [0.15, 0.2) is 0 Å². The van der Waals surface area contributed by atoms with E-state index in [9.17, 15) is 8.42 Å². The Morgan fingerprint density at radius 1 is 1.29 bits per heavy atom. The molecular formula is C14H24N4O2S. The van der Waals surface area contributed by atoms with E-state index in [2.05, 4.69) is 22.1 Å². The van der Waals surface area contributed by atoms with Crippen LogP contribution in [-0.4, -0.2) is 19.9 Å². The first-order chi connectivity index (χ1) is 10.0. The summed E-state index contributed by atoms with van der Waals surface area (Å²) in [4.78, 5) is 4.08. The van der Waals surface area contributed by atoms with Gasteiger partial charge in [0.25, 0.3) is 0 Å². The molecule has 1 fully saturated rings. The van der Waals surface area contributed by atoms with Crippen molar-refractivity contribution in [2.24, 2.45) is 17.7 Å². The summed E-state index contributed by atoms with van der Waals surface area (Å²) in [5.41, 5.74) is 2.37. The van der Waals surface area contributed by atoms with E-state index in [1.165, 1.54) is 44.0 Å². The molecule has 1 aliphatic rings. The number of sulfonamides is 1. The molecule has 0 bridgehead atoms. The lowest BCUT2D eigenvalue weighted by atomic mass is 9.81. The van der Waals surface area contributed by atoms with Gasteiger partial charge in [-0.2, -0.15) is 0 Å². The number of nitrogens with zero attached hydrogens (tertiary/aromatic N) is 1. The van der Waals surface area contributed by atoms with Crippen molar-refractivity contribution in [3.05, 3.63) is 18.3 Å². The molecule has 6 nitrogen and oxygen atoms in total. The van der Waals surface area contributed by atoms with Crippen molar-refractivity contribution in [3.63, 3.8) is 0 Å². The van der Waals surface area contributed by atoms with Gasteiger partial charge in [0.05, 0.1) is 0 Å². The van der Waals surface area contributed by atoms with E-state index >= 15 is 0 Å². The molecule has 21 heavy (non-hydrogen) atoms. The van der Waals surface area contributed by atoms with Gasteiger partial charge >= 0.3 is 0 Å². The van der Waals surface area contributed by atoms with Crippen LogP contribution >= 0.6 is 0 Å². The molecule has 118 valence electrons. The van der Waals surface area contributed by atoms with Gasteiger partial charge in [0.2, 0.25) is 10.0 Å². The van der Waals surface area contributed by atoms with Crippen molar-refractivity contribution in [1.82, 2.24) is 9.71 Å². The molecule has 0 saturated heterocycles. The Kier molecular flexibility index (Phi) is 5.55. The average molecular weight is 312 g/mol. The predicted molar refractivity (Wildman–Crippen MR) is 83.0 cm³/mol. The number of hydrazine groups is 1. The Hall–Kier alpha value is -1.18. The third-order valence-corrected chi connectivity index (χ3v) is 5.62. The maximum Gasteiger partial charge on any atom is 0.242 e. The lowest BCUT2D eigenvalue weighted by molar-refractivity contribution is 0.278. The number of aromatic nitrogens is 1. The molecule has 0 aromatic carbocycles. The van der Waals surface area contributed by atoms with Gasteiger partial charge < -0.3 is 5.43 Å². The SMILES string of the molecule is CC1CCC(CCNS(=O)(=O)c2ccc(NN)nc2)CC1. The maximum atomic E-state index is 12.1. The van der Waals surface area contributed by atoms with E-state index in [0.717, 1.165) is 12.3 Å². The van der Waals surface area contributed by atoms with Crippen molar-refractivity contribution >= 4 is 15.8 Å². The van der Waals surface area contributed by atoms with Crippen LogP contribution in [0.5, 0.6) is 0 Å². The van der Waals surface area contributed by atoms with Gasteiger partial charge in [0, 0.05) is 12.7 Å². The zero-order valence-electron chi connectivity index (χ0n) is 12.4. The number of nitrogens with two attached hydrogens (primary N) is 1. The summed E-state index contributed by atoms with van der Waals surface area (Å²) in [6, 6.07) is 3.03. The van der Waals surface area contributed by atoms with E-state index < -0.39 is 10.0 Å². The Morgan fingerprint density at radius 2 is 2.00 bits per heavy atom. The molecule has 2 rings (SSSR count). The fourth-order valence-corrected chi connectivity index (χ4v) is 3.72. The smallest absolute Gasteiger partial charge is 0.242 e. The number of rotatable bonds is 6. The minimum atomic E-state index is -3.48. The third kappa shape index (κ3) is 4.66. The van der Waals surface area contributed by atoms with Crippen LogP contribution in [0.1, 0.15) is 39.0 Å². The van der Waals surface area contributed by atoms with Crippen molar-refractivity contribution in [2.75, 3.05) is 12.0 Å². The molecule has 1 aromatic heterocycles. The second kappa shape index (κ2) is 7.20. The van der Waals surface area contributed by atoms with Crippen molar-refractivity contribution in [2.45, 2.75) is 43.9 Å². The third-order valence-electron chi connectivity index (χ3n) is 4.17. The van der Waals surface area contributed by atoms with Crippen LogP contribution in [0, 0.1) is 11.8 Å². The van der Waals surface area contributed by atoms with E-state index in [0.29, 0.717) is 18.3 Å². The summed E-state index contributed by atoms with van der Waals surface area (Å²) in [7, 11) is -3.48. The van der Waals surface area contributed by atoms with Gasteiger partial charge in [-0.25, -0.2) is 24.0 Å². The molecule has 0 atom stereocenters. The number of hydrogen-bond acceptors (Lipinski definition) is 5. The van der Waals surface area contributed by atoms with Crippen molar-refractivity contribution in [1.29, 1.82) is 0 Å². The molecular weight excluding hydrogens is 288 g/mol. The Labute approximate surface area is 126 Å². The lowest BCUT2D eigenvalue weighted by Crippen LogP contribution is -2.27. The van der Waals surface area contributed by atoms with Gasteiger partial charge in [0.1, 0.15) is 10.7 Å². The highest BCUT2D eigenvalue weighted by atomic mass is 32.2. The zero-order valence-corrected chi connectivity index (χ0v) is 13.2. The summed E-state index contributed by atoms with van der Waals surface area (Å²) in [6.07, 6.45) is 7.15. The molecule has 1 saturated carbocycles. The van der Waals surface area contributed by atoms with Crippen molar-refractivity contribution in [3.8, 4) is 0 Å². The number of anilines is 1. The van der Waals surface area contributed by atoms with Gasteiger partial charge in [-0.3, -0.25) is 0 Å². The first-order valence-corrected chi connectivity index (χ1v) is 8.92. The molecule has 0 aliphatic heterocycles. The lowest BCUT2D eigenvalue weighted by Gasteiger charge is -2.26. The fraction of sp³-hybridized carbons (Fsp3) is 0.643. The Morgan fingerprint density at radius 3 is 2.57 bits per heavy atom. The molecule has 0 radical (unpaired) electrons. The number of nitrogen functional groups attached to an aromatic ring is 1. The molecule has 7 heteroatoms. The minimum absolute atomic E-state index is 0.166. The first kappa shape index (κ1) is 16.2. The van der Waals surface area contributed by atoms with Gasteiger partial charge in [-0.1, -0.05) is 32.6 Å². The first-order valence-electron chi connectivity index (χ1n) is 7.43. The molecule has 1 heterocycles. The van der Waals surface area contributed by atoms with E-state index in [1.807, 2.05) is 0 Å². The maximum absolute atomic E-state index is 12.1. The van der Waals surface area contributed by atoms with Crippen LogP contribution in [0.4, 0.5) is 5.82 Å². The largest absolute Gasteiger partial charge is 0.308 e. The van der Waals surface area contributed by atoms with Crippen LogP contribution in [0.25, 0.3) is 0 Å². The van der Waals surface area contributed by atoms with Crippen LogP contribution in [0.2, 0.25) is 0 Å². The predicted octanol–water partition coefficient (Wildman–Crippen LogP) is 1.86. The molecule has 1 aromatic rings. The standard InChI is InChI=1S/C14H24N4O2S/c1-11-2-4-12(5-3-11)8-9-17-21(19,20)13-6-7-14(18-15)16-10-13/h6-7,10-12,17H,2-5,8-9,15H2,1H3,(H,16,18). The highest BCUT2D eigenvalue weighted by Crippen LogP contribution is 2.30. The Balaban J connectivity index is 1.83. The number of pyridine rings is 1. The number of hydrogen-bond donors (Lipinski definition) is 3. The summed E-state index contributed by atoms with van der Waals surface area (Å²) in [5.74, 6) is 7.10. The van der Waals surface area contributed by atoms with Crippen molar-refractivity contribution < 1.29 is 8.42 Å². The topological polar surface area (TPSA) is 97.1 Å². The quantitative estimate of drug-likeness (QED) is 0.550. The summed E-state index contributed by atoms with van der Waals surface area (Å²) < 4.78 is 26.9. The van der Waals surface area contributed by atoms with Gasteiger partial charge in [-0.05, 0) is 30.4 Å². The zero-order chi connectivity index (χ0) is 15.3. The highest BCUT2D eigenvalue weighted by Gasteiger charge is 2.19. The summed E-state index contributed by atoms with van der Waals surface area (Å²) >= 11 is 0. The van der Waals surface area contributed by atoms with E-state index in [-0.39, 0.29) is 4.90 Å².